The molecule has 2 rings (SSSR count). The van der Waals surface area contributed by atoms with Crippen LogP contribution >= 0.6 is 15.9 Å². The van der Waals surface area contributed by atoms with Crippen molar-refractivity contribution in [2.45, 2.75) is 6.92 Å². The summed E-state index contributed by atoms with van der Waals surface area (Å²) in [5.41, 5.74) is 6.45. The van der Waals surface area contributed by atoms with Gasteiger partial charge in [-0.2, -0.15) is 0 Å². The van der Waals surface area contributed by atoms with Crippen LogP contribution in [0.1, 0.15) is 26.3 Å². The van der Waals surface area contributed by atoms with Crippen LogP contribution in [0.15, 0.2) is 46.9 Å². The molecule has 6 nitrogen and oxygen atoms in total. The van der Waals surface area contributed by atoms with Crippen LogP contribution in [0, 0.1) is 6.92 Å². The molecule has 132 valence electrons. The number of hydrogen-bond acceptors (Lipinski definition) is 4. The van der Waals surface area contributed by atoms with Crippen molar-refractivity contribution in [3.63, 3.8) is 0 Å². The number of aryl methyl sites for hydroxylation is 1. The molecule has 0 aliphatic carbocycles. The zero-order valence-corrected chi connectivity index (χ0v) is 15.6. The highest BCUT2D eigenvalue weighted by molar-refractivity contribution is 9.10. The van der Waals surface area contributed by atoms with E-state index in [1.807, 2.05) is 19.1 Å². The van der Waals surface area contributed by atoms with E-state index in [9.17, 15) is 9.59 Å². The van der Waals surface area contributed by atoms with Crippen LogP contribution < -0.4 is 15.6 Å². The van der Waals surface area contributed by atoms with E-state index in [0.717, 1.165) is 10.0 Å². The Bertz CT molecular complexity index is 764. The Morgan fingerprint density at radius 2 is 1.68 bits per heavy atom. The molecule has 0 heterocycles. The Hall–Kier alpha value is -2.38. The van der Waals surface area contributed by atoms with Crippen molar-refractivity contribution < 1.29 is 19.1 Å². The number of carbonyl (C=O) groups excluding carboxylic acids is 2. The quantitative estimate of drug-likeness (QED) is 0.571. The minimum atomic E-state index is -0.476. The number of rotatable bonds is 6. The fourth-order valence-electron chi connectivity index (χ4n) is 2.12. The third-order valence-corrected chi connectivity index (χ3v) is 3.90. The molecular formula is C18H19BrN2O4. The van der Waals surface area contributed by atoms with Gasteiger partial charge in [-0.15, -0.1) is 0 Å². The number of methoxy groups -OCH3 is 1. The van der Waals surface area contributed by atoms with Crippen molar-refractivity contribution in [3.05, 3.63) is 63.6 Å². The van der Waals surface area contributed by atoms with Gasteiger partial charge in [-0.05, 0) is 36.8 Å². The Kier molecular flexibility index (Phi) is 6.97. The van der Waals surface area contributed by atoms with E-state index in [4.69, 9.17) is 9.47 Å². The maximum atomic E-state index is 12.4. The van der Waals surface area contributed by atoms with Crippen molar-refractivity contribution >= 4 is 27.7 Å². The molecule has 2 N–H and O–H groups in total. The summed E-state index contributed by atoms with van der Waals surface area (Å²) in [4.78, 5) is 24.6. The van der Waals surface area contributed by atoms with Crippen LogP contribution in [0.25, 0.3) is 0 Å². The third-order valence-electron chi connectivity index (χ3n) is 3.41. The van der Waals surface area contributed by atoms with Gasteiger partial charge in [-0.1, -0.05) is 34.1 Å². The molecule has 0 aliphatic rings. The summed E-state index contributed by atoms with van der Waals surface area (Å²) in [6, 6.07) is 12.2. The number of benzene rings is 2. The number of carbonyl (C=O) groups is 2. The molecule has 0 fully saturated rings. The largest absolute Gasteiger partial charge is 0.490 e. The first kappa shape index (κ1) is 19.0. The second-order valence-corrected chi connectivity index (χ2v) is 6.12. The van der Waals surface area contributed by atoms with E-state index in [1.54, 1.807) is 37.4 Å². The van der Waals surface area contributed by atoms with Gasteiger partial charge in [-0.25, -0.2) is 0 Å². The fraction of sp³-hybridized carbons (Fsp3) is 0.222. The molecule has 0 aromatic heterocycles. The average molecular weight is 407 g/mol. The van der Waals surface area contributed by atoms with Crippen molar-refractivity contribution in [1.29, 1.82) is 0 Å². The number of ether oxygens (including phenoxy) is 2. The van der Waals surface area contributed by atoms with E-state index >= 15 is 0 Å². The number of halogens is 1. The van der Waals surface area contributed by atoms with E-state index in [1.165, 1.54) is 0 Å². The van der Waals surface area contributed by atoms with Gasteiger partial charge in [0.1, 0.15) is 12.4 Å². The lowest BCUT2D eigenvalue weighted by Gasteiger charge is -2.13. The van der Waals surface area contributed by atoms with Crippen molar-refractivity contribution in [2.75, 3.05) is 20.3 Å². The number of hydrogen-bond donors (Lipinski definition) is 2. The molecule has 0 bridgehead atoms. The highest BCUT2D eigenvalue weighted by Crippen LogP contribution is 2.23. The normalized spacial score (nSPS) is 10.2. The molecule has 25 heavy (non-hydrogen) atoms. The Morgan fingerprint density at radius 1 is 1.00 bits per heavy atom. The Balaban J connectivity index is 2.06. The SMILES string of the molecule is COCCOc1ccc(Br)cc1C(=O)NNC(=O)c1ccccc1C. The van der Waals surface area contributed by atoms with Crippen molar-refractivity contribution in [1.82, 2.24) is 10.9 Å². The zero-order valence-electron chi connectivity index (χ0n) is 14.0. The lowest BCUT2D eigenvalue weighted by Crippen LogP contribution is -2.42. The van der Waals surface area contributed by atoms with Gasteiger partial charge in [0.2, 0.25) is 0 Å². The number of amides is 2. The summed E-state index contributed by atoms with van der Waals surface area (Å²) < 4.78 is 11.2. The van der Waals surface area contributed by atoms with Gasteiger partial charge < -0.3 is 9.47 Å². The average Bonchev–Trinajstić information content (AvgIpc) is 2.61. The second kappa shape index (κ2) is 9.19. The van der Waals surface area contributed by atoms with Crippen LogP contribution in [-0.2, 0) is 4.74 Å². The molecule has 2 aromatic carbocycles. The third kappa shape index (κ3) is 5.30. The first-order valence-corrected chi connectivity index (χ1v) is 8.40. The molecule has 2 aromatic rings. The Morgan fingerprint density at radius 3 is 2.36 bits per heavy atom. The first-order valence-electron chi connectivity index (χ1n) is 7.60. The molecule has 2 amide bonds. The molecule has 0 unspecified atom stereocenters. The predicted molar refractivity (Wildman–Crippen MR) is 97.6 cm³/mol. The van der Waals surface area contributed by atoms with Gasteiger partial charge in [0.25, 0.3) is 11.8 Å². The van der Waals surface area contributed by atoms with Crippen LogP contribution in [0.3, 0.4) is 0 Å². The molecule has 0 radical (unpaired) electrons. The summed E-state index contributed by atoms with van der Waals surface area (Å²) in [6.45, 7) is 2.54. The highest BCUT2D eigenvalue weighted by atomic mass is 79.9. The van der Waals surface area contributed by atoms with E-state index in [0.29, 0.717) is 30.1 Å². The molecule has 0 aliphatic heterocycles. The predicted octanol–water partition coefficient (Wildman–Crippen LogP) is 2.86. The standard InChI is InChI=1S/C18H19BrN2O4/c1-12-5-3-4-6-14(12)17(22)20-21-18(23)15-11-13(19)7-8-16(15)25-10-9-24-2/h3-8,11H,9-10H2,1-2H3,(H,20,22)(H,21,23). The summed E-state index contributed by atoms with van der Waals surface area (Å²) in [5, 5.41) is 0. The van der Waals surface area contributed by atoms with Gasteiger partial charge in [0.15, 0.2) is 0 Å². The van der Waals surface area contributed by atoms with Crippen LogP contribution in [0.4, 0.5) is 0 Å². The maximum Gasteiger partial charge on any atom is 0.273 e. The van der Waals surface area contributed by atoms with Crippen molar-refractivity contribution in [3.8, 4) is 5.75 Å². The monoisotopic (exact) mass is 406 g/mol. The first-order chi connectivity index (χ1) is 12.0. The zero-order chi connectivity index (χ0) is 18.2. The van der Waals surface area contributed by atoms with Gasteiger partial charge in [0.05, 0.1) is 12.2 Å². The Labute approximate surface area is 154 Å². The number of nitrogens with one attached hydrogen (secondary N) is 2. The van der Waals surface area contributed by atoms with E-state index < -0.39 is 5.91 Å². The van der Waals surface area contributed by atoms with Gasteiger partial charge in [-0.3, -0.25) is 20.4 Å². The molecule has 0 spiro atoms. The molecular weight excluding hydrogens is 388 g/mol. The molecule has 7 heteroatoms. The maximum absolute atomic E-state index is 12.4. The van der Waals surface area contributed by atoms with Gasteiger partial charge >= 0.3 is 0 Å². The highest BCUT2D eigenvalue weighted by Gasteiger charge is 2.15. The van der Waals surface area contributed by atoms with E-state index in [2.05, 4.69) is 26.8 Å². The summed E-state index contributed by atoms with van der Waals surface area (Å²) >= 11 is 3.33. The lowest BCUT2D eigenvalue weighted by molar-refractivity contribution is 0.0842. The second-order valence-electron chi connectivity index (χ2n) is 5.20. The number of hydrazine groups is 1. The molecule has 0 saturated carbocycles. The van der Waals surface area contributed by atoms with Crippen LogP contribution in [0.2, 0.25) is 0 Å². The van der Waals surface area contributed by atoms with Crippen molar-refractivity contribution in [2.24, 2.45) is 0 Å². The molecule has 0 atom stereocenters. The van der Waals surface area contributed by atoms with E-state index in [-0.39, 0.29) is 5.91 Å². The van der Waals surface area contributed by atoms with Gasteiger partial charge in [0, 0.05) is 17.1 Å². The lowest BCUT2D eigenvalue weighted by atomic mass is 10.1. The fourth-order valence-corrected chi connectivity index (χ4v) is 2.48. The molecule has 0 saturated heterocycles. The van der Waals surface area contributed by atoms with Crippen LogP contribution in [-0.4, -0.2) is 32.1 Å². The minimum absolute atomic E-state index is 0.301. The summed E-state index contributed by atoms with van der Waals surface area (Å²) in [7, 11) is 1.57. The minimum Gasteiger partial charge on any atom is -0.490 e. The topological polar surface area (TPSA) is 76.7 Å². The summed E-state index contributed by atoms with van der Waals surface area (Å²) in [6.07, 6.45) is 0. The smallest absolute Gasteiger partial charge is 0.273 e. The summed E-state index contributed by atoms with van der Waals surface area (Å²) in [5.74, 6) is -0.457. The van der Waals surface area contributed by atoms with Crippen LogP contribution in [0.5, 0.6) is 5.75 Å².